The Bertz CT molecular complexity index is 600. The average Bonchev–Trinajstić information content (AvgIpc) is 2.51. The van der Waals surface area contributed by atoms with Crippen LogP contribution in [0.5, 0.6) is 0 Å². The molecule has 1 aliphatic carbocycles. The number of non-ortho nitro benzene ring substituents is 1. The maximum absolute atomic E-state index is 11.8. The largest absolute Gasteiger partial charge is 0.506 e. The monoisotopic (exact) mass is 233 g/mol. The minimum absolute atomic E-state index is 0.0121. The van der Waals surface area contributed by atoms with Gasteiger partial charge in [0.05, 0.1) is 4.92 Å². The van der Waals surface area contributed by atoms with E-state index >= 15 is 0 Å². The van der Waals surface area contributed by atoms with Crippen LogP contribution in [0.2, 0.25) is 0 Å². The van der Waals surface area contributed by atoms with E-state index in [0.29, 0.717) is 0 Å². The normalized spacial score (nSPS) is 13.8. The number of aliphatic hydroxyl groups is 1. The number of ketones is 2. The first-order chi connectivity index (χ1) is 7.93. The molecule has 6 nitrogen and oxygen atoms in total. The molecule has 0 heterocycles. The lowest BCUT2D eigenvalue weighted by molar-refractivity contribution is -0.384. The molecule has 17 heavy (non-hydrogen) atoms. The first-order valence-corrected chi connectivity index (χ1v) is 4.71. The number of hydrogen-bond donors (Lipinski definition) is 1. The molecule has 6 heteroatoms. The Morgan fingerprint density at radius 2 is 2.00 bits per heavy atom. The molecule has 0 amide bonds. The standard InChI is InChI=1S/C11H7NO5/c1-5(13)9-10(14)7-3-2-6(12(16)17)4-8(7)11(9)15/h2-4,14H,1H3. The Labute approximate surface area is 95.3 Å². The minimum Gasteiger partial charge on any atom is -0.506 e. The number of carbonyl (C=O) groups is 2. The van der Waals surface area contributed by atoms with Crippen LogP contribution in [-0.4, -0.2) is 21.6 Å². The second kappa shape index (κ2) is 3.51. The number of hydrogen-bond acceptors (Lipinski definition) is 5. The van der Waals surface area contributed by atoms with Crippen molar-refractivity contribution in [1.82, 2.24) is 0 Å². The molecule has 0 aromatic heterocycles. The third kappa shape index (κ3) is 1.50. The van der Waals surface area contributed by atoms with Crippen molar-refractivity contribution in [2.75, 3.05) is 0 Å². The lowest BCUT2D eigenvalue weighted by Crippen LogP contribution is -2.06. The van der Waals surface area contributed by atoms with Crippen molar-refractivity contribution in [1.29, 1.82) is 0 Å². The van der Waals surface area contributed by atoms with Crippen LogP contribution in [0.25, 0.3) is 5.76 Å². The topological polar surface area (TPSA) is 97.5 Å². The summed E-state index contributed by atoms with van der Waals surface area (Å²) in [5.41, 5.74) is -0.428. The first kappa shape index (κ1) is 11.0. The number of benzene rings is 1. The maximum Gasteiger partial charge on any atom is 0.270 e. The fourth-order valence-corrected chi connectivity index (χ4v) is 1.74. The van der Waals surface area contributed by atoms with Crippen molar-refractivity contribution in [2.24, 2.45) is 0 Å². The van der Waals surface area contributed by atoms with Crippen molar-refractivity contribution >= 4 is 23.0 Å². The number of nitro groups is 1. The molecule has 0 radical (unpaired) electrons. The van der Waals surface area contributed by atoms with Gasteiger partial charge in [-0.1, -0.05) is 0 Å². The van der Waals surface area contributed by atoms with Crippen LogP contribution in [0.15, 0.2) is 23.8 Å². The Balaban J connectivity index is 2.63. The summed E-state index contributed by atoms with van der Waals surface area (Å²) in [5.74, 6) is -1.65. The van der Waals surface area contributed by atoms with Crippen molar-refractivity contribution in [3.63, 3.8) is 0 Å². The number of carbonyl (C=O) groups excluding carboxylic acids is 2. The minimum atomic E-state index is -0.672. The number of aliphatic hydroxyl groups excluding tert-OH is 1. The molecule has 86 valence electrons. The molecule has 0 saturated heterocycles. The number of Topliss-reactive ketones (excluding diaryl/α,β-unsaturated/α-hetero) is 2. The van der Waals surface area contributed by atoms with E-state index in [2.05, 4.69) is 0 Å². The summed E-state index contributed by atoms with van der Waals surface area (Å²) in [6.07, 6.45) is 0. The molecule has 0 aliphatic heterocycles. The molecule has 2 rings (SSSR count). The summed E-state index contributed by atoms with van der Waals surface area (Å²) in [6.45, 7) is 1.16. The van der Waals surface area contributed by atoms with Gasteiger partial charge in [0.25, 0.3) is 5.69 Å². The molecular weight excluding hydrogens is 226 g/mol. The first-order valence-electron chi connectivity index (χ1n) is 4.71. The van der Waals surface area contributed by atoms with Crippen LogP contribution < -0.4 is 0 Å². The van der Waals surface area contributed by atoms with E-state index < -0.39 is 22.2 Å². The summed E-state index contributed by atoms with van der Waals surface area (Å²) in [5, 5.41) is 20.2. The van der Waals surface area contributed by atoms with Crippen molar-refractivity contribution in [3.05, 3.63) is 45.0 Å². The molecule has 1 aliphatic rings. The van der Waals surface area contributed by atoms with Gasteiger partial charge in [0.15, 0.2) is 5.78 Å². The zero-order valence-electron chi connectivity index (χ0n) is 8.76. The molecule has 0 bridgehead atoms. The number of rotatable bonds is 2. The van der Waals surface area contributed by atoms with E-state index in [1.165, 1.54) is 12.1 Å². The van der Waals surface area contributed by atoms with E-state index in [-0.39, 0.29) is 22.4 Å². The highest BCUT2D eigenvalue weighted by Crippen LogP contribution is 2.33. The summed E-state index contributed by atoms with van der Waals surface area (Å²) < 4.78 is 0. The maximum atomic E-state index is 11.8. The molecule has 1 N–H and O–H groups in total. The van der Waals surface area contributed by atoms with Crippen LogP contribution in [0.4, 0.5) is 5.69 Å². The van der Waals surface area contributed by atoms with Gasteiger partial charge in [0, 0.05) is 23.3 Å². The van der Waals surface area contributed by atoms with Crippen LogP contribution >= 0.6 is 0 Å². The number of nitrogens with zero attached hydrogens (tertiary/aromatic N) is 1. The predicted molar refractivity (Wildman–Crippen MR) is 57.7 cm³/mol. The summed E-state index contributed by atoms with van der Waals surface area (Å²) >= 11 is 0. The molecule has 0 atom stereocenters. The highest BCUT2D eigenvalue weighted by atomic mass is 16.6. The van der Waals surface area contributed by atoms with Gasteiger partial charge in [0.1, 0.15) is 11.3 Å². The van der Waals surface area contributed by atoms with Gasteiger partial charge < -0.3 is 5.11 Å². The highest BCUT2D eigenvalue weighted by Gasteiger charge is 2.33. The summed E-state index contributed by atoms with van der Waals surface area (Å²) in [6, 6.07) is 3.49. The molecule has 1 aromatic carbocycles. The Hall–Kier alpha value is -2.50. The average molecular weight is 233 g/mol. The lowest BCUT2D eigenvalue weighted by atomic mass is 10.1. The third-order valence-corrected chi connectivity index (χ3v) is 2.53. The quantitative estimate of drug-likeness (QED) is 0.475. The van der Waals surface area contributed by atoms with Gasteiger partial charge in [0.2, 0.25) is 5.78 Å². The molecule has 1 aromatic rings. The molecular formula is C11H7NO5. The van der Waals surface area contributed by atoms with Crippen LogP contribution in [0.3, 0.4) is 0 Å². The van der Waals surface area contributed by atoms with Gasteiger partial charge in [-0.05, 0) is 13.0 Å². The molecule has 0 fully saturated rings. The van der Waals surface area contributed by atoms with E-state index in [1.54, 1.807) is 0 Å². The fourth-order valence-electron chi connectivity index (χ4n) is 1.74. The van der Waals surface area contributed by atoms with Gasteiger partial charge >= 0.3 is 0 Å². The predicted octanol–water partition coefficient (Wildman–Crippen LogP) is 1.65. The third-order valence-electron chi connectivity index (χ3n) is 2.53. The second-order valence-electron chi connectivity index (χ2n) is 3.60. The summed E-state index contributed by atoms with van der Waals surface area (Å²) in [4.78, 5) is 32.9. The SMILES string of the molecule is CC(=O)C1=C(O)c2ccc([N+](=O)[O-])cc2C1=O. The van der Waals surface area contributed by atoms with Gasteiger partial charge in [-0.3, -0.25) is 19.7 Å². The van der Waals surface area contributed by atoms with Crippen molar-refractivity contribution < 1.29 is 19.6 Å². The smallest absolute Gasteiger partial charge is 0.270 e. The number of fused-ring (bicyclic) bond motifs is 1. The van der Waals surface area contributed by atoms with E-state index in [0.717, 1.165) is 13.0 Å². The zero-order valence-corrected chi connectivity index (χ0v) is 8.76. The second-order valence-corrected chi connectivity index (χ2v) is 3.60. The van der Waals surface area contributed by atoms with Crippen LogP contribution in [-0.2, 0) is 4.79 Å². The van der Waals surface area contributed by atoms with E-state index in [4.69, 9.17) is 0 Å². The number of nitro benzene ring substituents is 1. The van der Waals surface area contributed by atoms with Gasteiger partial charge in [-0.2, -0.15) is 0 Å². The summed E-state index contributed by atoms with van der Waals surface area (Å²) in [7, 11) is 0. The van der Waals surface area contributed by atoms with E-state index in [9.17, 15) is 24.8 Å². The molecule has 0 saturated carbocycles. The fraction of sp³-hybridized carbons (Fsp3) is 0.0909. The van der Waals surface area contributed by atoms with Crippen LogP contribution in [0.1, 0.15) is 22.8 Å². The molecule has 0 unspecified atom stereocenters. The Morgan fingerprint density at radius 1 is 1.35 bits per heavy atom. The van der Waals surface area contributed by atoms with E-state index in [1.807, 2.05) is 0 Å². The Morgan fingerprint density at radius 3 is 2.53 bits per heavy atom. The highest BCUT2D eigenvalue weighted by molar-refractivity contribution is 6.33. The van der Waals surface area contributed by atoms with Gasteiger partial charge in [-0.15, -0.1) is 0 Å². The van der Waals surface area contributed by atoms with Crippen molar-refractivity contribution in [2.45, 2.75) is 6.92 Å². The van der Waals surface area contributed by atoms with Crippen molar-refractivity contribution in [3.8, 4) is 0 Å². The molecule has 0 spiro atoms. The Kier molecular flexibility index (Phi) is 2.27. The lowest BCUT2D eigenvalue weighted by Gasteiger charge is -1.97. The number of allylic oxidation sites excluding steroid dienone is 1. The van der Waals surface area contributed by atoms with Gasteiger partial charge in [-0.25, -0.2) is 0 Å². The zero-order chi connectivity index (χ0) is 12.7. The van der Waals surface area contributed by atoms with Crippen LogP contribution in [0, 0.1) is 10.1 Å².